The molecule has 5 fully saturated rings. The van der Waals surface area contributed by atoms with Crippen molar-refractivity contribution in [2.45, 2.75) is 58.2 Å². The Labute approximate surface area is 236 Å². The molecule has 3 aromatic rings. The van der Waals surface area contributed by atoms with Crippen molar-refractivity contribution < 1.29 is 9.53 Å². The summed E-state index contributed by atoms with van der Waals surface area (Å²) in [5.74, 6) is 3.50. The van der Waals surface area contributed by atoms with Crippen LogP contribution < -0.4 is 5.43 Å². The van der Waals surface area contributed by atoms with E-state index in [1.54, 1.807) is 13.2 Å². The molecule has 2 aromatic carbocycles. The lowest BCUT2D eigenvalue weighted by molar-refractivity contribution is -0.0743. The van der Waals surface area contributed by atoms with Crippen LogP contribution in [-0.2, 0) is 17.9 Å². The van der Waals surface area contributed by atoms with Crippen LogP contribution in [0, 0.1) is 30.6 Å². The number of aryl methyl sites for hydroxylation is 1. The fraction of sp³-hybridized carbons (Fsp3) is 0.529. The number of fused-ring (bicyclic) bond motifs is 1. The number of hydrogen-bond donors (Lipinski definition) is 0. The van der Waals surface area contributed by atoms with Gasteiger partial charge in [-0.05, 0) is 79.0 Å². The quantitative estimate of drug-likeness (QED) is 0.438. The predicted octanol–water partition coefficient (Wildman–Crippen LogP) is 5.09. The lowest BCUT2D eigenvalue weighted by Crippen LogP contribution is -2.60. The van der Waals surface area contributed by atoms with E-state index in [9.17, 15) is 9.59 Å². The van der Waals surface area contributed by atoms with Crippen LogP contribution in [0.5, 0.6) is 0 Å². The summed E-state index contributed by atoms with van der Waals surface area (Å²) in [5, 5.41) is 2.36. The molecule has 4 aliphatic carbocycles. The molecule has 6 nitrogen and oxygen atoms in total. The van der Waals surface area contributed by atoms with Crippen LogP contribution in [0.2, 0.25) is 0 Å². The summed E-state index contributed by atoms with van der Waals surface area (Å²) in [4.78, 5) is 32.0. The van der Waals surface area contributed by atoms with Gasteiger partial charge in [-0.15, -0.1) is 0 Å². The van der Waals surface area contributed by atoms with Crippen molar-refractivity contribution >= 4 is 16.7 Å². The number of aromatic nitrogens is 1. The molecule has 6 heteroatoms. The first-order valence-corrected chi connectivity index (χ1v) is 15.2. The van der Waals surface area contributed by atoms with Gasteiger partial charge in [0.2, 0.25) is 0 Å². The Bertz CT molecular complexity index is 1450. The summed E-state index contributed by atoms with van der Waals surface area (Å²) in [6.45, 7) is 5.94. The fourth-order valence-electron chi connectivity index (χ4n) is 9.04. The SMILES string of the molecule is COCc1c(C(=O)N2CCN(C3C4CC5CC(C4)CC3C5)CC2)c(=O)cc(C)n1Cc1cccc2ccccc12. The number of carbonyl (C=O) groups excluding carboxylic acids is 1. The average molecular weight is 540 g/mol. The van der Waals surface area contributed by atoms with Crippen molar-refractivity contribution in [3.63, 3.8) is 0 Å². The highest BCUT2D eigenvalue weighted by molar-refractivity contribution is 5.95. The normalized spacial score (nSPS) is 27.9. The number of nitrogens with zero attached hydrogens (tertiary/aromatic N) is 3. The van der Waals surface area contributed by atoms with Gasteiger partial charge in [0, 0.05) is 57.6 Å². The molecule has 1 aromatic heterocycles. The lowest BCUT2D eigenvalue weighted by atomic mass is 9.54. The van der Waals surface area contributed by atoms with E-state index in [1.165, 1.54) is 42.9 Å². The van der Waals surface area contributed by atoms with Crippen molar-refractivity contribution in [1.29, 1.82) is 0 Å². The first kappa shape index (κ1) is 26.0. The van der Waals surface area contributed by atoms with Gasteiger partial charge in [0.25, 0.3) is 5.91 Å². The van der Waals surface area contributed by atoms with Gasteiger partial charge in [-0.3, -0.25) is 14.5 Å². The molecule has 0 spiro atoms. The summed E-state index contributed by atoms with van der Waals surface area (Å²) >= 11 is 0. The first-order valence-electron chi connectivity index (χ1n) is 15.2. The fourth-order valence-corrected chi connectivity index (χ4v) is 9.04. The molecule has 4 bridgehead atoms. The number of amides is 1. The van der Waals surface area contributed by atoms with Crippen LogP contribution in [0.1, 0.15) is 59.4 Å². The van der Waals surface area contributed by atoms with Crippen LogP contribution >= 0.6 is 0 Å². The maximum atomic E-state index is 14.0. The molecule has 8 rings (SSSR count). The van der Waals surface area contributed by atoms with E-state index in [-0.39, 0.29) is 23.5 Å². The van der Waals surface area contributed by atoms with Crippen molar-refractivity contribution in [2.24, 2.45) is 23.7 Å². The van der Waals surface area contributed by atoms with Crippen LogP contribution in [0.15, 0.2) is 53.3 Å². The van der Waals surface area contributed by atoms with E-state index >= 15 is 0 Å². The zero-order chi connectivity index (χ0) is 27.4. The molecule has 1 saturated heterocycles. The van der Waals surface area contributed by atoms with Gasteiger partial charge in [0.15, 0.2) is 5.43 Å². The van der Waals surface area contributed by atoms with Gasteiger partial charge in [0.05, 0.1) is 12.3 Å². The Morgan fingerprint density at radius 1 is 0.900 bits per heavy atom. The summed E-state index contributed by atoms with van der Waals surface area (Å²) in [6.07, 6.45) is 7.13. The van der Waals surface area contributed by atoms with Crippen LogP contribution in [0.25, 0.3) is 10.8 Å². The summed E-state index contributed by atoms with van der Waals surface area (Å²) in [7, 11) is 1.63. The number of pyridine rings is 1. The maximum Gasteiger partial charge on any atom is 0.259 e. The number of benzene rings is 2. The average Bonchev–Trinajstić information content (AvgIpc) is 2.95. The Morgan fingerprint density at radius 2 is 1.57 bits per heavy atom. The highest BCUT2D eigenvalue weighted by atomic mass is 16.5. The minimum atomic E-state index is -0.202. The Kier molecular flexibility index (Phi) is 6.79. The largest absolute Gasteiger partial charge is 0.378 e. The van der Waals surface area contributed by atoms with Crippen LogP contribution in [0.4, 0.5) is 0 Å². The molecule has 40 heavy (non-hydrogen) atoms. The minimum absolute atomic E-state index is 0.145. The second kappa shape index (κ2) is 10.5. The monoisotopic (exact) mass is 539 g/mol. The third-order valence-electron chi connectivity index (χ3n) is 10.5. The van der Waals surface area contributed by atoms with E-state index in [0.717, 1.165) is 48.0 Å². The van der Waals surface area contributed by atoms with Gasteiger partial charge < -0.3 is 14.2 Å². The molecule has 0 unspecified atom stereocenters. The van der Waals surface area contributed by atoms with Gasteiger partial charge in [-0.1, -0.05) is 42.5 Å². The number of ether oxygens (including phenoxy) is 1. The zero-order valence-corrected chi connectivity index (χ0v) is 23.9. The van der Waals surface area contributed by atoms with Crippen LogP contribution in [0.3, 0.4) is 0 Å². The molecule has 1 aliphatic heterocycles. The third kappa shape index (κ3) is 4.50. The molecule has 0 N–H and O–H groups in total. The van der Waals surface area contributed by atoms with Crippen molar-refractivity contribution in [3.05, 3.63) is 81.3 Å². The third-order valence-corrected chi connectivity index (χ3v) is 10.5. The summed E-state index contributed by atoms with van der Waals surface area (Å²) < 4.78 is 7.70. The van der Waals surface area contributed by atoms with E-state index < -0.39 is 0 Å². The van der Waals surface area contributed by atoms with Crippen molar-refractivity contribution in [2.75, 3.05) is 33.3 Å². The Hall–Kier alpha value is -2.96. The topological polar surface area (TPSA) is 54.8 Å². The van der Waals surface area contributed by atoms with Crippen LogP contribution in [-0.4, -0.2) is 59.6 Å². The van der Waals surface area contributed by atoms with E-state index in [2.05, 4.69) is 45.9 Å². The first-order chi connectivity index (χ1) is 19.5. The van der Waals surface area contributed by atoms with E-state index in [1.807, 2.05) is 17.9 Å². The second-order valence-corrected chi connectivity index (χ2v) is 12.9. The molecule has 2 heterocycles. The molecule has 1 amide bonds. The molecular formula is C34H41N3O3. The number of carbonyl (C=O) groups is 1. The highest BCUT2D eigenvalue weighted by Gasteiger charge is 2.50. The van der Waals surface area contributed by atoms with E-state index in [4.69, 9.17) is 4.74 Å². The highest BCUT2D eigenvalue weighted by Crippen LogP contribution is 2.55. The van der Waals surface area contributed by atoms with E-state index in [0.29, 0.717) is 31.4 Å². The molecule has 5 aliphatic rings. The summed E-state index contributed by atoms with van der Waals surface area (Å²) in [6, 6.07) is 17.0. The second-order valence-electron chi connectivity index (χ2n) is 12.9. The number of piperazine rings is 1. The molecule has 210 valence electrons. The Morgan fingerprint density at radius 3 is 2.27 bits per heavy atom. The minimum Gasteiger partial charge on any atom is -0.378 e. The Balaban J connectivity index is 1.14. The molecule has 4 saturated carbocycles. The van der Waals surface area contributed by atoms with Gasteiger partial charge in [0.1, 0.15) is 5.56 Å². The molecule has 0 radical (unpaired) electrons. The van der Waals surface area contributed by atoms with Crippen molar-refractivity contribution in [1.82, 2.24) is 14.4 Å². The summed E-state index contributed by atoms with van der Waals surface area (Å²) in [5.41, 5.74) is 2.75. The van der Waals surface area contributed by atoms with Crippen molar-refractivity contribution in [3.8, 4) is 0 Å². The smallest absolute Gasteiger partial charge is 0.259 e. The zero-order valence-electron chi connectivity index (χ0n) is 23.9. The number of rotatable bonds is 6. The molecular weight excluding hydrogens is 498 g/mol. The number of hydrogen-bond acceptors (Lipinski definition) is 4. The van der Waals surface area contributed by atoms with Gasteiger partial charge in [-0.25, -0.2) is 0 Å². The maximum absolute atomic E-state index is 14.0. The van der Waals surface area contributed by atoms with Gasteiger partial charge >= 0.3 is 0 Å². The predicted molar refractivity (Wildman–Crippen MR) is 158 cm³/mol. The molecule has 0 atom stereocenters. The lowest BCUT2D eigenvalue weighted by Gasteiger charge is -2.58. The standard InChI is InChI=1S/C34H41N3O3/c1-22-14-31(38)32(30(21-40-2)37(22)20-26-8-5-7-25-6-3-4-9-29(25)26)34(39)36-12-10-35(11-13-36)33-27-16-23-15-24(18-27)19-28(33)17-23/h3-9,14,23-24,27-28,33H,10-13,15-21H2,1-2H3. The number of methoxy groups -OCH3 is 1. The van der Waals surface area contributed by atoms with Gasteiger partial charge in [-0.2, -0.15) is 0 Å².